The molecule has 1 aliphatic heterocycles. The van der Waals surface area contributed by atoms with Gasteiger partial charge in [-0.2, -0.15) is 0 Å². The fourth-order valence-electron chi connectivity index (χ4n) is 3.41. The molecule has 3 atom stereocenters. The standard InChI is InChI=1S/C14H31N3/c1-7-16-8-9-17(10-11(16)2)13(12(3)15)14(4,5)6/h11-13H,7-10,15H2,1-6H3. The van der Waals surface area contributed by atoms with E-state index in [-0.39, 0.29) is 11.5 Å². The molecular formula is C14H31N3. The molecule has 0 saturated carbocycles. The molecule has 0 aromatic heterocycles. The van der Waals surface area contributed by atoms with Gasteiger partial charge in [0.2, 0.25) is 0 Å². The van der Waals surface area contributed by atoms with Gasteiger partial charge in [0.1, 0.15) is 0 Å². The Morgan fingerprint density at radius 3 is 2.24 bits per heavy atom. The smallest absolute Gasteiger partial charge is 0.0294 e. The monoisotopic (exact) mass is 241 g/mol. The van der Waals surface area contributed by atoms with E-state index in [4.69, 9.17) is 5.73 Å². The van der Waals surface area contributed by atoms with Crippen LogP contribution in [0.25, 0.3) is 0 Å². The molecule has 0 aromatic carbocycles. The number of nitrogens with two attached hydrogens (primary N) is 1. The van der Waals surface area contributed by atoms with Gasteiger partial charge >= 0.3 is 0 Å². The molecule has 2 N–H and O–H groups in total. The van der Waals surface area contributed by atoms with Gasteiger partial charge in [0.15, 0.2) is 0 Å². The Morgan fingerprint density at radius 2 is 1.88 bits per heavy atom. The van der Waals surface area contributed by atoms with Crippen LogP contribution in [-0.4, -0.2) is 54.1 Å². The minimum Gasteiger partial charge on any atom is -0.327 e. The molecule has 1 heterocycles. The van der Waals surface area contributed by atoms with Crippen molar-refractivity contribution in [3.05, 3.63) is 0 Å². The van der Waals surface area contributed by atoms with Crippen molar-refractivity contribution in [2.75, 3.05) is 26.2 Å². The van der Waals surface area contributed by atoms with Crippen molar-refractivity contribution >= 4 is 0 Å². The van der Waals surface area contributed by atoms with E-state index in [1.807, 2.05) is 0 Å². The highest BCUT2D eigenvalue weighted by molar-refractivity contribution is 4.92. The quantitative estimate of drug-likeness (QED) is 0.817. The lowest BCUT2D eigenvalue weighted by atomic mass is 9.81. The molecule has 17 heavy (non-hydrogen) atoms. The van der Waals surface area contributed by atoms with Crippen molar-refractivity contribution in [3.63, 3.8) is 0 Å². The average Bonchev–Trinajstić information content (AvgIpc) is 2.15. The SMILES string of the molecule is CCN1CCN(C(C(C)N)C(C)(C)C)CC1C. The van der Waals surface area contributed by atoms with Crippen LogP contribution >= 0.6 is 0 Å². The molecule has 0 aromatic rings. The van der Waals surface area contributed by atoms with Crippen molar-refractivity contribution < 1.29 is 0 Å². The van der Waals surface area contributed by atoms with Crippen LogP contribution in [0.2, 0.25) is 0 Å². The van der Waals surface area contributed by atoms with E-state index in [2.05, 4.69) is 51.3 Å². The normalized spacial score (nSPS) is 28.1. The number of rotatable bonds is 3. The van der Waals surface area contributed by atoms with Crippen LogP contribution in [0.4, 0.5) is 0 Å². The van der Waals surface area contributed by atoms with Gasteiger partial charge in [0.25, 0.3) is 0 Å². The Bertz CT molecular complexity index is 232. The van der Waals surface area contributed by atoms with Crippen LogP contribution < -0.4 is 5.73 Å². The van der Waals surface area contributed by atoms with Crippen molar-refractivity contribution in [2.45, 2.75) is 59.7 Å². The van der Waals surface area contributed by atoms with Gasteiger partial charge in [-0.25, -0.2) is 0 Å². The lowest BCUT2D eigenvalue weighted by Gasteiger charge is -2.48. The molecule has 1 rings (SSSR count). The highest BCUT2D eigenvalue weighted by atomic mass is 15.3. The molecule has 1 saturated heterocycles. The summed E-state index contributed by atoms with van der Waals surface area (Å²) < 4.78 is 0. The third-order valence-corrected chi connectivity index (χ3v) is 3.98. The van der Waals surface area contributed by atoms with Crippen LogP contribution in [0, 0.1) is 5.41 Å². The molecule has 3 unspecified atom stereocenters. The Labute approximate surface area is 107 Å². The summed E-state index contributed by atoms with van der Waals surface area (Å²) in [5.74, 6) is 0. The lowest BCUT2D eigenvalue weighted by Crippen LogP contribution is -2.61. The molecule has 102 valence electrons. The molecule has 0 amide bonds. The van der Waals surface area contributed by atoms with Gasteiger partial charge in [-0.05, 0) is 25.8 Å². The van der Waals surface area contributed by atoms with E-state index in [0.29, 0.717) is 12.1 Å². The van der Waals surface area contributed by atoms with Crippen molar-refractivity contribution in [1.82, 2.24) is 9.80 Å². The van der Waals surface area contributed by atoms with Crippen molar-refractivity contribution in [2.24, 2.45) is 11.1 Å². The van der Waals surface area contributed by atoms with Crippen LogP contribution in [0.1, 0.15) is 41.5 Å². The first kappa shape index (κ1) is 14.9. The molecule has 1 aliphatic rings. The van der Waals surface area contributed by atoms with Crippen LogP contribution in [-0.2, 0) is 0 Å². The van der Waals surface area contributed by atoms with Crippen molar-refractivity contribution in [3.8, 4) is 0 Å². The van der Waals surface area contributed by atoms with Gasteiger partial charge in [0.05, 0.1) is 0 Å². The Balaban J connectivity index is 2.72. The zero-order chi connectivity index (χ0) is 13.2. The highest BCUT2D eigenvalue weighted by Gasteiger charge is 2.36. The van der Waals surface area contributed by atoms with Crippen molar-refractivity contribution in [1.29, 1.82) is 0 Å². The van der Waals surface area contributed by atoms with Crippen LogP contribution in [0.15, 0.2) is 0 Å². The summed E-state index contributed by atoms with van der Waals surface area (Å²) >= 11 is 0. The number of hydrogen-bond donors (Lipinski definition) is 1. The molecule has 0 bridgehead atoms. The molecular weight excluding hydrogens is 210 g/mol. The van der Waals surface area contributed by atoms with E-state index in [9.17, 15) is 0 Å². The largest absolute Gasteiger partial charge is 0.327 e. The second-order valence-electron chi connectivity index (χ2n) is 6.64. The molecule has 0 radical (unpaired) electrons. The predicted molar refractivity (Wildman–Crippen MR) is 75.2 cm³/mol. The van der Waals surface area contributed by atoms with E-state index >= 15 is 0 Å². The summed E-state index contributed by atoms with van der Waals surface area (Å²) in [6.07, 6.45) is 0. The maximum absolute atomic E-state index is 6.21. The number of nitrogens with zero attached hydrogens (tertiary/aromatic N) is 2. The van der Waals surface area contributed by atoms with E-state index in [1.54, 1.807) is 0 Å². The van der Waals surface area contributed by atoms with Crippen LogP contribution in [0.3, 0.4) is 0 Å². The predicted octanol–water partition coefficient (Wildman–Crippen LogP) is 1.77. The summed E-state index contributed by atoms with van der Waals surface area (Å²) in [6, 6.07) is 1.36. The fourth-order valence-corrected chi connectivity index (χ4v) is 3.41. The minimum absolute atomic E-state index is 0.232. The first-order chi connectivity index (χ1) is 7.77. The second kappa shape index (κ2) is 5.68. The summed E-state index contributed by atoms with van der Waals surface area (Å²) in [5, 5.41) is 0. The maximum Gasteiger partial charge on any atom is 0.0294 e. The summed E-state index contributed by atoms with van der Waals surface area (Å²) in [6.45, 7) is 18.3. The molecule has 3 heteroatoms. The third kappa shape index (κ3) is 3.67. The van der Waals surface area contributed by atoms with Crippen LogP contribution in [0.5, 0.6) is 0 Å². The van der Waals surface area contributed by atoms with E-state index in [0.717, 1.165) is 19.6 Å². The fraction of sp³-hybridized carbons (Fsp3) is 1.00. The number of piperazine rings is 1. The Kier molecular flexibility index (Phi) is 4.99. The summed E-state index contributed by atoms with van der Waals surface area (Å²) in [5.41, 5.74) is 6.46. The van der Waals surface area contributed by atoms with Gasteiger partial charge in [-0.15, -0.1) is 0 Å². The summed E-state index contributed by atoms with van der Waals surface area (Å²) in [4.78, 5) is 5.15. The maximum atomic E-state index is 6.21. The topological polar surface area (TPSA) is 32.5 Å². The number of likely N-dealkylation sites (N-methyl/N-ethyl adjacent to an activating group) is 1. The first-order valence-corrected chi connectivity index (χ1v) is 7.01. The first-order valence-electron chi connectivity index (χ1n) is 7.01. The lowest BCUT2D eigenvalue weighted by molar-refractivity contribution is 0.0113. The second-order valence-corrected chi connectivity index (χ2v) is 6.64. The van der Waals surface area contributed by atoms with Gasteiger partial charge < -0.3 is 5.73 Å². The molecule has 0 aliphatic carbocycles. The Hall–Kier alpha value is -0.120. The molecule has 3 nitrogen and oxygen atoms in total. The minimum atomic E-state index is 0.232. The zero-order valence-electron chi connectivity index (χ0n) is 12.5. The number of hydrogen-bond acceptors (Lipinski definition) is 3. The van der Waals surface area contributed by atoms with E-state index < -0.39 is 0 Å². The van der Waals surface area contributed by atoms with E-state index in [1.165, 1.54) is 6.54 Å². The average molecular weight is 241 g/mol. The summed E-state index contributed by atoms with van der Waals surface area (Å²) in [7, 11) is 0. The highest BCUT2D eigenvalue weighted by Crippen LogP contribution is 2.28. The molecule has 1 fully saturated rings. The van der Waals surface area contributed by atoms with Gasteiger partial charge in [-0.3, -0.25) is 9.80 Å². The zero-order valence-corrected chi connectivity index (χ0v) is 12.5. The Morgan fingerprint density at radius 1 is 1.29 bits per heavy atom. The third-order valence-electron chi connectivity index (χ3n) is 3.98. The van der Waals surface area contributed by atoms with Gasteiger partial charge in [0, 0.05) is 37.8 Å². The van der Waals surface area contributed by atoms with Gasteiger partial charge in [-0.1, -0.05) is 27.7 Å². The molecule has 0 spiro atoms.